The molecule has 5 aromatic rings. The molecule has 0 amide bonds. The highest BCUT2D eigenvalue weighted by Gasteiger charge is 2.38. The topological polar surface area (TPSA) is 97.4 Å². The largest absolute Gasteiger partial charge is 0.497 e. The predicted octanol–water partition coefficient (Wildman–Crippen LogP) is 7.65. The first-order chi connectivity index (χ1) is 24.3. The first kappa shape index (κ1) is 36.8. The Hall–Kier alpha value is -4.43. The summed E-state index contributed by atoms with van der Waals surface area (Å²) in [5.41, 5.74) is 3.14. The molecule has 1 unspecified atom stereocenters. The first-order valence-electron chi connectivity index (χ1n) is 16.6. The molecule has 0 aliphatic heterocycles. The van der Waals surface area contributed by atoms with Gasteiger partial charge in [-0.25, -0.2) is 21.5 Å². The second-order valence-electron chi connectivity index (χ2n) is 12.1. The van der Waals surface area contributed by atoms with Crippen LogP contribution in [-0.4, -0.2) is 70.2 Å². The average Bonchev–Trinajstić information content (AvgIpc) is 3.49. The van der Waals surface area contributed by atoms with Crippen LogP contribution in [0.25, 0.3) is 16.0 Å². The second-order valence-corrected chi connectivity index (χ2v) is 13.8. The van der Waals surface area contributed by atoms with Crippen molar-refractivity contribution in [3.8, 4) is 11.5 Å². The van der Waals surface area contributed by atoms with Gasteiger partial charge in [0.25, 0.3) is 0 Å². The number of hydrogen-bond donors (Lipinski definition) is 0. The molecule has 50 heavy (non-hydrogen) atoms. The number of ether oxygens (including phenoxy) is 4. The fourth-order valence-corrected chi connectivity index (χ4v) is 8.10. The highest BCUT2D eigenvalue weighted by Crippen LogP contribution is 2.45. The normalized spacial score (nSPS) is 12.5. The highest BCUT2D eigenvalue weighted by atomic mass is 31.2. The zero-order chi connectivity index (χ0) is 35.5. The summed E-state index contributed by atoms with van der Waals surface area (Å²) in [6.07, 6.45) is 3.59. The van der Waals surface area contributed by atoms with Gasteiger partial charge in [0.2, 0.25) is 0 Å². The van der Waals surface area contributed by atoms with Crippen LogP contribution < -0.4 is 9.47 Å². The van der Waals surface area contributed by atoms with Gasteiger partial charge in [-0.3, -0.25) is 9.52 Å². The van der Waals surface area contributed by atoms with Crippen molar-refractivity contribution < 1.29 is 23.5 Å². The van der Waals surface area contributed by atoms with Crippen LogP contribution in [0.5, 0.6) is 11.5 Å². The number of nitrogens with zero attached hydrogens (tertiary/aromatic N) is 6. The Balaban J connectivity index is 1.52. The number of fused-ring (bicyclic) bond motifs is 1. The molecular weight excluding hydrogens is 651 g/mol. The lowest BCUT2D eigenvalue weighted by Gasteiger charge is -2.36. The molecule has 12 heteroatoms. The number of rotatable bonds is 18. The van der Waals surface area contributed by atoms with Crippen molar-refractivity contribution in [1.82, 2.24) is 24.2 Å². The maximum Gasteiger partial charge on any atom is 0.318 e. The predicted molar refractivity (Wildman–Crippen MR) is 195 cm³/mol. The SMILES string of the molecule is [C-]#[N+]COCP(OCCn1c(COC(c2ccccc2)(c2ccc(OC)cc2)c2ccc(OC)cc2)nc2cncnc21)N(C(C)C)C(C)C. The molecule has 0 aliphatic carbocycles. The summed E-state index contributed by atoms with van der Waals surface area (Å²) in [5, 5.41) is 0. The van der Waals surface area contributed by atoms with E-state index in [0.717, 1.165) is 28.2 Å². The van der Waals surface area contributed by atoms with Gasteiger partial charge in [0.15, 0.2) is 5.65 Å². The lowest BCUT2D eigenvalue weighted by molar-refractivity contribution is -0.00454. The van der Waals surface area contributed by atoms with E-state index in [0.29, 0.717) is 36.5 Å². The molecule has 262 valence electrons. The summed E-state index contributed by atoms with van der Waals surface area (Å²) in [5.74, 6) is 2.18. The van der Waals surface area contributed by atoms with E-state index in [9.17, 15) is 0 Å². The van der Waals surface area contributed by atoms with E-state index in [1.54, 1.807) is 20.4 Å². The number of aromatic nitrogens is 4. The zero-order valence-electron chi connectivity index (χ0n) is 29.5. The third-order valence-corrected chi connectivity index (χ3v) is 10.6. The third kappa shape index (κ3) is 8.29. The van der Waals surface area contributed by atoms with E-state index < -0.39 is 13.9 Å². The van der Waals surface area contributed by atoms with Crippen molar-refractivity contribution in [2.45, 2.75) is 58.5 Å². The second kappa shape index (κ2) is 17.5. The van der Waals surface area contributed by atoms with E-state index in [1.807, 2.05) is 71.3 Å². The number of benzene rings is 3. The molecule has 0 N–H and O–H groups in total. The van der Waals surface area contributed by atoms with E-state index in [2.05, 4.69) is 59.3 Å². The van der Waals surface area contributed by atoms with Gasteiger partial charge in [-0.2, -0.15) is 0 Å². The Bertz CT molecular complexity index is 1770. The molecule has 11 nitrogen and oxygen atoms in total. The standard InChI is InChI=1S/C38H45N6O5P/c1-28(2)44(29(3)4)50(27-47-26-39-5)49-22-21-43-36(42-35-23-40-25-41-37(35)43)24-48-38(30-11-9-8-10-12-30,31-13-17-33(45-6)18-14-31)32-15-19-34(46-7)20-16-32/h8-20,23,25,28-29H,21-22,24,26-27H2,1-4,6-7H3. The molecule has 0 aliphatic rings. The Morgan fingerprint density at radius 3 is 2.02 bits per heavy atom. The fourth-order valence-electron chi connectivity index (χ4n) is 6.20. The number of hydrogen-bond acceptors (Lipinski definition) is 9. The molecule has 5 rings (SSSR count). The number of methoxy groups -OCH3 is 2. The van der Waals surface area contributed by atoms with Gasteiger partial charge in [0.1, 0.15) is 56.0 Å². The average molecular weight is 697 g/mol. The van der Waals surface area contributed by atoms with Crippen molar-refractivity contribution in [3.63, 3.8) is 0 Å². The van der Waals surface area contributed by atoms with Crippen molar-refractivity contribution in [1.29, 1.82) is 0 Å². The molecular formula is C38H45N6O5P. The van der Waals surface area contributed by atoms with Crippen molar-refractivity contribution >= 4 is 19.5 Å². The molecule has 1 atom stereocenters. The number of imidazole rings is 1. The van der Waals surface area contributed by atoms with Crippen LogP contribution in [0.2, 0.25) is 0 Å². The van der Waals surface area contributed by atoms with Crippen molar-refractivity contribution in [2.75, 3.05) is 33.9 Å². The van der Waals surface area contributed by atoms with Gasteiger partial charge in [0.05, 0.1) is 27.0 Å². The summed E-state index contributed by atoms with van der Waals surface area (Å²) in [6, 6.07) is 26.6. The van der Waals surface area contributed by atoms with Crippen LogP contribution in [0.3, 0.4) is 0 Å². The van der Waals surface area contributed by atoms with Crippen molar-refractivity contribution in [3.05, 3.63) is 125 Å². The molecule has 0 bridgehead atoms. The maximum atomic E-state index is 7.18. The van der Waals surface area contributed by atoms with Gasteiger partial charge < -0.3 is 28.0 Å². The minimum atomic E-state index is -1.13. The van der Waals surface area contributed by atoms with Crippen LogP contribution in [0.15, 0.2) is 91.4 Å². The highest BCUT2D eigenvalue weighted by molar-refractivity contribution is 7.49. The Kier molecular flexibility index (Phi) is 12.9. The summed E-state index contributed by atoms with van der Waals surface area (Å²) in [6.45, 7) is 16.7. The van der Waals surface area contributed by atoms with Crippen LogP contribution in [-0.2, 0) is 32.8 Å². The zero-order valence-corrected chi connectivity index (χ0v) is 30.4. The van der Waals surface area contributed by atoms with Crippen LogP contribution in [0.1, 0.15) is 50.2 Å². The van der Waals surface area contributed by atoms with Crippen LogP contribution in [0.4, 0.5) is 0 Å². The summed E-state index contributed by atoms with van der Waals surface area (Å²) < 4.78 is 34.8. The van der Waals surface area contributed by atoms with E-state index in [1.165, 1.54) is 6.33 Å². The van der Waals surface area contributed by atoms with E-state index in [-0.39, 0.29) is 25.4 Å². The maximum absolute atomic E-state index is 7.18. The lowest BCUT2D eigenvalue weighted by atomic mass is 9.80. The molecule has 0 saturated carbocycles. The minimum absolute atomic E-state index is 0.00233. The Labute approximate surface area is 295 Å². The first-order valence-corrected chi connectivity index (χ1v) is 18.0. The Morgan fingerprint density at radius 1 is 0.860 bits per heavy atom. The van der Waals surface area contributed by atoms with Crippen LogP contribution in [0, 0.1) is 6.57 Å². The molecule has 2 aromatic heterocycles. The Morgan fingerprint density at radius 2 is 1.46 bits per heavy atom. The van der Waals surface area contributed by atoms with Gasteiger partial charge in [-0.1, -0.05) is 54.6 Å². The molecule has 0 fully saturated rings. The van der Waals surface area contributed by atoms with Gasteiger partial charge in [-0.15, -0.1) is 0 Å². The molecule has 0 spiro atoms. The van der Waals surface area contributed by atoms with E-state index >= 15 is 0 Å². The molecule has 0 radical (unpaired) electrons. The third-order valence-electron chi connectivity index (χ3n) is 8.31. The molecule has 0 saturated heterocycles. The smallest absolute Gasteiger partial charge is 0.318 e. The van der Waals surface area contributed by atoms with Crippen molar-refractivity contribution in [2.24, 2.45) is 0 Å². The molecule has 2 heterocycles. The lowest BCUT2D eigenvalue weighted by Crippen LogP contribution is -2.34. The minimum Gasteiger partial charge on any atom is -0.497 e. The molecule has 3 aromatic carbocycles. The quantitative estimate of drug-likeness (QED) is 0.0396. The van der Waals surface area contributed by atoms with Gasteiger partial charge >= 0.3 is 6.73 Å². The van der Waals surface area contributed by atoms with Crippen LogP contribution >= 0.6 is 8.30 Å². The summed E-state index contributed by atoms with van der Waals surface area (Å²) in [4.78, 5) is 17.1. The summed E-state index contributed by atoms with van der Waals surface area (Å²) >= 11 is 0. The van der Waals surface area contributed by atoms with Gasteiger partial charge in [-0.05, 0) is 68.7 Å². The fraction of sp³-hybridized carbons (Fsp3) is 0.368. The van der Waals surface area contributed by atoms with E-state index in [4.69, 9.17) is 35.0 Å². The van der Waals surface area contributed by atoms with Gasteiger partial charge in [0, 0.05) is 18.6 Å². The summed E-state index contributed by atoms with van der Waals surface area (Å²) in [7, 11) is 2.19. The monoisotopic (exact) mass is 696 g/mol.